The third-order valence-electron chi connectivity index (χ3n) is 7.49. The molecule has 1 N–H and O–H groups in total. The molecular formula is C27H46BN5O5. The van der Waals surface area contributed by atoms with E-state index >= 15 is 0 Å². The molecule has 2 fully saturated rings. The van der Waals surface area contributed by atoms with Gasteiger partial charge in [-0.2, -0.15) is 0 Å². The number of hydrogen-bond donors (Lipinski definition) is 1. The lowest BCUT2D eigenvalue weighted by atomic mass is 9.81. The maximum absolute atomic E-state index is 13.4. The Balaban J connectivity index is 1.70. The Hall–Kier alpha value is -2.40. The fourth-order valence-corrected chi connectivity index (χ4v) is 4.61. The number of nitrogens with zero attached hydrogens (tertiary/aromatic N) is 4. The third kappa shape index (κ3) is 7.17. The number of piperidine rings is 1. The van der Waals surface area contributed by atoms with E-state index < -0.39 is 36.1 Å². The lowest BCUT2D eigenvalue weighted by molar-refractivity contribution is -0.136. The summed E-state index contributed by atoms with van der Waals surface area (Å²) in [6.07, 6.45) is 5.78. The molecule has 212 valence electrons. The summed E-state index contributed by atoms with van der Waals surface area (Å²) in [5, 5.41) is 2.69. The van der Waals surface area contributed by atoms with Crippen LogP contribution in [0.15, 0.2) is 12.4 Å². The van der Waals surface area contributed by atoms with Gasteiger partial charge in [0.05, 0.1) is 11.2 Å². The van der Waals surface area contributed by atoms with Crippen LogP contribution in [0, 0.1) is 0 Å². The van der Waals surface area contributed by atoms with Crippen LogP contribution in [-0.2, 0) is 18.8 Å². The number of anilines is 1. The van der Waals surface area contributed by atoms with E-state index in [1.54, 1.807) is 40.1 Å². The summed E-state index contributed by atoms with van der Waals surface area (Å²) in [6, 6.07) is -0.588. The number of nitrogens with one attached hydrogen (secondary N) is 1. The zero-order valence-corrected chi connectivity index (χ0v) is 24.8. The van der Waals surface area contributed by atoms with Crippen molar-refractivity contribution in [2.75, 3.05) is 18.0 Å². The first kappa shape index (κ1) is 30.2. The second-order valence-electron chi connectivity index (χ2n) is 12.7. The Morgan fingerprint density at radius 1 is 1.13 bits per heavy atom. The van der Waals surface area contributed by atoms with Crippen LogP contribution in [0.4, 0.5) is 10.7 Å². The second kappa shape index (κ2) is 11.4. The average molecular weight is 532 g/mol. The van der Waals surface area contributed by atoms with Gasteiger partial charge in [-0.3, -0.25) is 4.79 Å². The minimum absolute atomic E-state index is 0.0205. The molecule has 3 rings (SSSR count). The van der Waals surface area contributed by atoms with Crippen molar-refractivity contribution in [3.05, 3.63) is 12.4 Å². The lowest BCUT2D eigenvalue weighted by Gasteiger charge is -2.41. The Morgan fingerprint density at radius 3 is 2.24 bits per heavy atom. The molecule has 0 spiro atoms. The topological polar surface area (TPSA) is 106 Å². The van der Waals surface area contributed by atoms with Gasteiger partial charge in [-0.05, 0) is 88.5 Å². The van der Waals surface area contributed by atoms with Crippen molar-refractivity contribution in [1.29, 1.82) is 0 Å². The average Bonchev–Trinajstić information content (AvgIpc) is 3.02. The molecule has 0 aromatic carbocycles. The lowest BCUT2D eigenvalue weighted by Crippen LogP contribution is -2.56. The maximum atomic E-state index is 13.4. The van der Waals surface area contributed by atoms with Crippen LogP contribution < -0.4 is 15.7 Å². The Bertz CT molecular complexity index is 963. The molecule has 0 unspecified atom stereocenters. The van der Waals surface area contributed by atoms with E-state index in [4.69, 9.17) is 14.0 Å². The van der Waals surface area contributed by atoms with Crippen LogP contribution in [0.2, 0.25) is 0 Å². The quantitative estimate of drug-likeness (QED) is 0.535. The van der Waals surface area contributed by atoms with Crippen LogP contribution in [-0.4, -0.2) is 82.0 Å². The molecule has 2 atom stereocenters. The number of carbonyl (C=O) groups is 2. The monoisotopic (exact) mass is 531 g/mol. The molecule has 1 aromatic rings. The molecule has 0 saturated carbocycles. The molecular weight excluding hydrogens is 485 g/mol. The van der Waals surface area contributed by atoms with E-state index in [9.17, 15) is 9.59 Å². The Labute approximate surface area is 228 Å². The standard InChI is InChI=1S/C27H46BN5O5/c1-18(2)33(23-29-15-20(16-30-23)28-37-26(7,8)27(9,10)38-28)17-21-13-11-12-14-32(21)22(34)19(3)31-24(35)36-25(4,5)6/h15-16,18-19,21H,11-14,17H2,1-10H3,(H,31,35)/t19-,21+/m0/s1. The largest absolute Gasteiger partial charge is 0.498 e. The van der Waals surface area contributed by atoms with Crippen molar-refractivity contribution in [3.63, 3.8) is 0 Å². The number of aromatic nitrogens is 2. The first-order valence-corrected chi connectivity index (χ1v) is 13.7. The number of carbonyl (C=O) groups excluding carboxylic acids is 2. The number of alkyl carbamates (subject to hydrolysis) is 1. The van der Waals surface area contributed by atoms with Crippen molar-refractivity contribution in [3.8, 4) is 0 Å². The summed E-state index contributed by atoms with van der Waals surface area (Å²) >= 11 is 0. The number of ether oxygens (including phenoxy) is 1. The number of likely N-dealkylation sites (tertiary alicyclic amines) is 1. The van der Waals surface area contributed by atoms with E-state index in [1.807, 2.05) is 32.6 Å². The minimum atomic E-state index is -0.687. The van der Waals surface area contributed by atoms with Gasteiger partial charge in [-0.1, -0.05) is 0 Å². The summed E-state index contributed by atoms with van der Waals surface area (Å²) in [5.74, 6) is 0.486. The van der Waals surface area contributed by atoms with Crippen LogP contribution in [0.1, 0.15) is 88.5 Å². The highest BCUT2D eigenvalue weighted by atomic mass is 16.7. The van der Waals surface area contributed by atoms with Crippen LogP contribution in [0.25, 0.3) is 0 Å². The highest BCUT2D eigenvalue weighted by Gasteiger charge is 2.52. The first-order chi connectivity index (χ1) is 17.5. The van der Waals surface area contributed by atoms with Crippen molar-refractivity contribution in [2.45, 2.75) is 123 Å². The van der Waals surface area contributed by atoms with Crippen LogP contribution >= 0.6 is 0 Å². The van der Waals surface area contributed by atoms with Gasteiger partial charge in [-0.25, -0.2) is 14.8 Å². The number of rotatable bonds is 7. The summed E-state index contributed by atoms with van der Waals surface area (Å²) in [6.45, 7) is 20.6. The number of hydrogen-bond acceptors (Lipinski definition) is 8. The first-order valence-electron chi connectivity index (χ1n) is 13.7. The molecule has 2 amide bonds. The van der Waals surface area contributed by atoms with E-state index in [2.05, 4.69) is 34.0 Å². The summed E-state index contributed by atoms with van der Waals surface area (Å²) in [4.78, 5) is 38.9. The zero-order chi connectivity index (χ0) is 28.5. The summed E-state index contributed by atoms with van der Waals surface area (Å²) < 4.78 is 17.6. The van der Waals surface area contributed by atoms with Crippen molar-refractivity contribution >= 4 is 30.5 Å². The fraction of sp³-hybridized carbons (Fsp3) is 0.778. The van der Waals surface area contributed by atoms with Crippen LogP contribution in [0.3, 0.4) is 0 Å². The molecule has 1 aromatic heterocycles. The summed E-state index contributed by atoms with van der Waals surface area (Å²) in [7, 11) is -0.521. The third-order valence-corrected chi connectivity index (χ3v) is 7.49. The number of amides is 2. The SMILES string of the molecule is CC(C)N(C[C@H]1CCCCN1C(=O)[C@H](C)NC(=O)OC(C)(C)C)c1ncc(B2OC(C)(C)C(C)(C)O2)cn1. The molecule has 38 heavy (non-hydrogen) atoms. The normalized spacial score (nSPS) is 21.8. The van der Waals surface area contributed by atoms with Crippen molar-refractivity contribution in [2.24, 2.45) is 0 Å². The fourth-order valence-electron chi connectivity index (χ4n) is 4.61. The molecule has 2 saturated heterocycles. The van der Waals surface area contributed by atoms with E-state index in [0.717, 1.165) is 24.7 Å². The van der Waals surface area contributed by atoms with Gasteiger partial charge in [0, 0.05) is 43.0 Å². The smallest absolute Gasteiger partial charge is 0.444 e. The highest BCUT2D eigenvalue weighted by Crippen LogP contribution is 2.36. The van der Waals surface area contributed by atoms with Gasteiger partial charge in [0.15, 0.2) is 0 Å². The molecule has 0 aliphatic carbocycles. The molecule has 0 radical (unpaired) electrons. The minimum Gasteiger partial charge on any atom is -0.444 e. The second-order valence-corrected chi connectivity index (χ2v) is 12.7. The van der Waals surface area contributed by atoms with Gasteiger partial charge in [0.25, 0.3) is 0 Å². The van der Waals surface area contributed by atoms with Gasteiger partial charge >= 0.3 is 13.2 Å². The van der Waals surface area contributed by atoms with E-state index in [1.165, 1.54) is 0 Å². The molecule has 11 heteroatoms. The molecule has 2 aliphatic rings. The van der Waals surface area contributed by atoms with E-state index in [0.29, 0.717) is 19.0 Å². The van der Waals surface area contributed by atoms with Gasteiger partial charge < -0.3 is 29.2 Å². The van der Waals surface area contributed by atoms with Crippen molar-refractivity contribution in [1.82, 2.24) is 20.2 Å². The zero-order valence-electron chi connectivity index (χ0n) is 24.8. The predicted octanol–water partition coefficient (Wildman–Crippen LogP) is 3.28. The maximum Gasteiger partial charge on any atom is 0.498 e. The van der Waals surface area contributed by atoms with Gasteiger partial charge in [0.2, 0.25) is 11.9 Å². The summed E-state index contributed by atoms with van der Waals surface area (Å²) in [5.41, 5.74) is -0.733. The van der Waals surface area contributed by atoms with E-state index in [-0.39, 0.29) is 18.0 Å². The molecule has 10 nitrogen and oxygen atoms in total. The van der Waals surface area contributed by atoms with Crippen LogP contribution in [0.5, 0.6) is 0 Å². The van der Waals surface area contributed by atoms with Crippen molar-refractivity contribution < 1.29 is 23.6 Å². The van der Waals surface area contributed by atoms with Gasteiger partial charge in [0.1, 0.15) is 11.6 Å². The molecule has 3 heterocycles. The molecule has 0 bridgehead atoms. The Kier molecular flexibility index (Phi) is 9.03. The highest BCUT2D eigenvalue weighted by molar-refractivity contribution is 6.61. The Morgan fingerprint density at radius 2 is 1.71 bits per heavy atom. The van der Waals surface area contributed by atoms with Gasteiger partial charge in [-0.15, -0.1) is 0 Å². The predicted molar refractivity (Wildman–Crippen MR) is 148 cm³/mol. The molecule has 2 aliphatic heterocycles.